The van der Waals surface area contributed by atoms with Crippen LogP contribution in [0.3, 0.4) is 0 Å². The number of benzene rings is 2. The minimum Gasteiger partial charge on any atom is -0.392 e. The Labute approximate surface area is 122 Å². The van der Waals surface area contributed by atoms with Gasteiger partial charge in [-0.15, -0.1) is 0 Å². The van der Waals surface area contributed by atoms with E-state index >= 15 is 0 Å². The van der Waals surface area contributed by atoms with Gasteiger partial charge in [0.25, 0.3) is 0 Å². The summed E-state index contributed by atoms with van der Waals surface area (Å²) >= 11 is 0. The van der Waals surface area contributed by atoms with Crippen LogP contribution in [0.2, 0.25) is 0 Å². The summed E-state index contributed by atoms with van der Waals surface area (Å²) in [6, 6.07) is 13.2. The monoisotopic (exact) mass is 288 g/mol. The maximum Gasteiger partial charge on any atom is 0.315 e. The Bertz CT molecular complexity index is 617. The largest absolute Gasteiger partial charge is 0.392 e. The Morgan fingerprint density at radius 3 is 2.05 bits per heavy atom. The van der Waals surface area contributed by atoms with Gasteiger partial charge in [-0.1, -0.05) is 42.5 Å². The summed E-state index contributed by atoms with van der Waals surface area (Å²) < 4.78 is 13.4. The van der Waals surface area contributed by atoms with E-state index in [2.05, 4.69) is 10.6 Å². The number of urea groups is 1. The topological polar surface area (TPSA) is 61.4 Å². The molecule has 3 N–H and O–H groups in total. The molecule has 0 aliphatic rings. The van der Waals surface area contributed by atoms with Crippen LogP contribution in [0.1, 0.15) is 16.7 Å². The maximum absolute atomic E-state index is 13.4. The van der Waals surface area contributed by atoms with Crippen molar-refractivity contribution in [2.45, 2.75) is 19.7 Å². The van der Waals surface area contributed by atoms with Crippen molar-refractivity contribution in [2.75, 3.05) is 0 Å². The van der Waals surface area contributed by atoms with Crippen molar-refractivity contribution in [3.05, 3.63) is 71.0 Å². The molecule has 5 heteroatoms. The molecule has 0 bridgehead atoms. The molecular formula is C16H17FN2O2. The van der Waals surface area contributed by atoms with Gasteiger partial charge in [0.2, 0.25) is 0 Å². The van der Waals surface area contributed by atoms with Crippen molar-refractivity contribution in [3.63, 3.8) is 0 Å². The van der Waals surface area contributed by atoms with Crippen LogP contribution in [-0.4, -0.2) is 11.1 Å². The molecule has 0 heterocycles. The Balaban J connectivity index is 1.84. The van der Waals surface area contributed by atoms with Crippen LogP contribution in [0, 0.1) is 5.82 Å². The molecule has 0 radical (unpaired) electrons. The number of rotatable bonds is 5. The number of hydrogen-bond donors (Lipinski definition) is 3. The highest BCUT2D eigenvalue weighted by Gasteiger charge is 2.05. The summed E-state index contributed by atoms with van der Waals surface area (Å²) in [6.07, 6.45) is 0. The van der Waals surface area contributed by atoms with Crippen molar-refractivity contribution in [1.29, 1.82) is 0 Å². The van der Waals surface area contributed by atoms with E-state index < -0.39 is 0 Å². The van der Waals surface area contributed by atoms with Crippen LogP contribution in [0.4, 0.5) is 9.18 Å². The third-order valence-corrected chi connectivity index (χ3v) is 3.13. The second kappa shape index (κ2) is 7.40. The first-order chi connectivity index (χ1) is 10.2. The van der Waals surface area contributed by atoms with E-state index in [-0.39, 0.29) is 25.0 Å². The average Bonchev–Trinajstić information content (AvgIpc) is 2.52. The molecule has 0 saturated heterocycles. The molecule has 0 aromatic heterocycles. The predicted molar refractivity (Wildman–Crippen MR) is 77.8 cm³/mol. The second-order valence-electron chi connectivity index (χ2n) is 4.55. The zero-order chi connectivity index (χ0) is 15.1. The van der Waals surface area contributed by atoms with E-state index in [1.807, 2.05) is 18.2 Å². The van der Waals surface area contributed by atoms with Gasteiger partial charge in [-0.2, -0.15) is 0 Å². The standard InChI is InChI=1S/C16H17FN2O2/c17-15-8-4-3-6-13(15)10-19-16(21)18-9-12-5-1-2-7-14(12)11-20/h1-8,20H,9-11H2,(H2,18,19,21). The molecule has 0 aliphatic carbocycles. The van der Waals surface area contributed by atoms with Gasteiger partial charge in [-0.05, 0) is 17.2 Å². The number of carbonyl (C=O) groups is 1. The minimum atomic E-state index is -0.383. The SMILES string of the molecule is O=C(NCc1ccccc1F)NCc1ccccc1CO. The molecule has 0 unspecified atom stereocenters. The fourth-order valence-corrected chi connectivity index (χ4v) is 1.94. The molecular weight excluding hydrogens is 271 g/mol. The molecule has 21 heavy (non-hydrogen) atoms. The van der Waals surface area contributed by atoms with Crippen LogP contribution >= 0.6 is 0 Å². The van der Waals surface area contributed by atoms with Gasteiger partial charge >= 0.3 is 6.03 Å². The summed E-state index contributed by atoms with van der Waals surface area (Å²) in [4.78, 5) is 11.7. The summed E-state index contributed by atoms with van der Waals surface area (Å²) in [5, 5.41) is 14.5. The Hall–Kier alpha value is -2.40. The molecule has 0 fully saturated rings. The number of halogens is 1. The zero-order valence-electron chi connectivity index (χ0n) is 11.5. The highest BCUT2D eigenvalue weighted by molar-refractivity contribution is 5.73. The predicted octanol–water partition coefficient (Wildman–Crippen LogP) is 2.32. The van der Waals surface area contributed by atoms with Gasteiger partial charge in [0, 0.05) is 18.7 Å². The summed E-state index contributed by atoms with van der Waals surface area (Å²) in [5.41, 5.74) is 2.05. The summed E-state index contributed by atoms with van der Waals surface area (Å²) in [7, 11) is 0. The lowest BCUT2D eigenvalue weighted by Crippen LogP contribution is -2.35. The molecule has 2 amide bonds. The van der Waals surface area contributed by atoms with Gasteiger partial charge in [-0.25, -0.2) is 9.18 Å². The van der Waals surface area contributed by atoms with Crippen molar-refractivity contribution in [3.8, 4) is 0 Å². The highest BCUT2D eigenvalue weighted by atomic mass is 19.1. The molecule has 0 saturated carbocycles. The average molecular weight is 288 g/mol. The number of aliphatic hydroxyl groups is 1. The number of nitrogens with one attached hydrogen (secondary N) is 2. The van der Waals surface area contributed by atoms with Crippen molar-refractivity contribution >= 4 is 6.03 Å². The van der Waals surface area contributed by atoms with E-state index in [1.54, 1.807) is 24.3 Å². The van der Waals surface area contributed by atoms with Gasteiger partial charge in [0.05, 0.1) is 6.61 Å². The lowest BCUT2D eigenvalue weighted by Gasteiger charge is -2.10. The van der Waals surface area contributed by atoms with Gasteiger partial charge in [0.15, 0.2) is 0 Å². The zero-order valence-corrected chi connectivity index (χ0v) is 11.5. The Kier molecular flexibility index (Phi) is 5.29. The van der Waals surface area contributed by atoms with Crippen LogP contribution in [0.25, 0.3) is 0 Å². The van der Waals surface area contributed by atoms with Crippen molar-refractivity contribution in [2.24, 2.45) is 0 Å². The van der Waals surface area contributed by atoms with E-state index in [0.29, 0.717) is 12.1 Å². The molecule has 0 atom stereocenters. The smallest absolute Gasteiger partial charge is 0.315 e. The molecule has 0 aliphatic heterocycles. The summed E-state index contributed by atoms with van der Waals surface area (Å²) in [5.74, 6) is -0.344. The third-order valence-electron chi connectivity index (χ3n) is 3.13. The number of carbonyl (C=O) groups excluding carboxylic acids is 1. The van der Waals surface area contributed by atoms with Crippen LogP contribution in [-0.2, 0) is 19.7 Å². The first-order valence-electron chi connectivity index (χ1n) is 6.63. The lowest BCUT2D eigenvalue weighted by atomic mass is 10.1. The maximum atomic E-state index is 13.4. The second-order valence-corrected chi connectivity index (χ2v) is 4.55. The quantitative estimate of drug-likeness (QED) is 0.790. The normalized spacial score (nSPS) is 10.2. The third kappa shape index (κ3) is 4.29. The Morgan fingerprint density at radius 1 is 0.905 bits per heavy atom. The van der Waals surface area contributed by atoms with Gasteiger partial charge in [-0.3, -0.25) is 0 Å². The van der Waals surface area contributed by atoms with Gasteiger partial charge in [0.1, 0.15) is 5.82 Å². The minimum absolute atomic E-state index is 0.0747. The molecule has 110 valence electrons. The van der Waals surface area contributed by atoms with E-state index in [1.165, 1.54) is 6.07 Å². The number of hydrogen-bond acceptors (Lipinski definition) is 2. The first kappa shape index (κ1) is 15.0. The molecule has 2 rings (SSSR count). The molecule has 0 spiro atoms. The molecule has 4 nitrogen and oxygen atoms in total. The summed E-state index contributed by atoms with van der Waals surface area (Å²) in [6.45, 7) is 0.356. The van der Waals surface area contributed by atoms with Crippen molar-refractivity contribution in [1.82, 2.24) is 10.6 Å². The van der Waals surface area contributed by atoms with Crippen LogP contribution < -0.4 is 10.6 Å². The molecule has 2 aromatic carbocycles. The fraction of sp³-hybridized carbons (Fsp3) is 0.188. The number of aliphatic hydroxyl groups excluding tert-OH is 1. The molecule has 2 aromatic rings. The fourth-order valence-electron chi connectivity index (χ4n) is 1.94. The Morgan fingerprint density at radius 2 is 1.43 bits per heavy atom. The first-order valence-corrected chi connectivity index (χ1v) is 6.63. The van der Waals surface area contributed by atoms with E-state index in [4.69, 9.17) is 0 Å². The van der Waals surface area contributed by atoms with Crippen LogP contribution in [0.15, 0.2) is 48.5 Å². The van der Waals surface area contributed by atoms with E-state index in [9.17, 15) is 14.3 Å². The number of amides is 2. The van der Waals surface area contributed by atoms with Gasteiger partial charge < -0.3 is 15.7 Å². The van der Waals surface area contributed by atoms with Crippen molar-refractivity contribution < 1.29 is 14.3 Å². The highest BCUT2D eigenvalue weighted by Crippen LogP contribution is 2.08. The lowest BCUT2D eigenvalue weighted by molar-refractivity contribution is 0.239. The van der Waals surface area contributed by atoms with Crippen LogP contribution in [0.5, 0.6) is 0 Å². The van der Waals surface area contributed by atoms with E-state index in [0.717, 1.165) is 11.1 Å².